The van der Waals surface area contributed by atoms with Gasteiger partial charge in [-0.3, -0.25) is 4.98 Å². The molecule has 2 nitrogen and oxygen atoms in total. The molecule has 0 saturated heterocycles. The van der Waals surface area contributed by atoms with E-state index in [0.29, 0.717) is 8.58 Å². The fourth-order valence-corrected chi connectivity index (χ4v) is 5.65. The summed E-state index contributed by atoms with van der Waals surface area (Å²) in [5.41, 5.74) is 7.13. The van der Waals surface area contributed by atoms with Crippen molar-refractivity contribution in [3.05, 3.63) is 103 Å². The third-order valence-electron chi connectivity index (χ3n) is 5.71. The van der Waals surface area contributed by atoms with Crippen molar-refractivity contribution in [3.8, 4) is 22.3 Å². The number of pyridine rings is 1. The maximum Gasteiger partial charge on any atom is 0.0650 e. The lowest BCUT2D eigenvalue weighted by Gasteiger charge is -2.22. The molecule has 6 rings (SSSR count). The smallest absolute Gasteiger partial charge is 0.0650 e. The Hall–Kier alpha value is -3.48. The highest BCUT2D eigenvalue weighted by Crippen LogP contribution is 2.41. The number of fused-ring (bicyclic) bond motifs is 8. The number of rotatable bonds is 0. The standard InChI is InChI=1S/C27H19N2P/c1-2-8-19-18(7-1)13-14-23-22-10-4-6-12-26(22)30-25-11-5-3-9-21(25)20-15-16-28-17-24(20)29-27(19)23/h1-17,29-30H. The predicted octanol–water partition coefficient (Wildman–Crippen LogP) is 6.26. The molecule has 1 N–H and O–H groups in total. The van der Waals surface area contributed by atoms with Gasteiger partial charge in [0.05, 0.1) is 17.6 Å². The quantitative estimate of drug-likeness (QED) is 0.304. The van der Waals surface area contributed by atoms with Crippen molar-refractivity contribution in [2.45, 2.75) is 0 Å². The van der Waals surface area contributed by atoms with Crippen LogP contribution in [0, 0.1) is 0 Å². The maximum absolute atomic E-state index is 4.43. The van der Waals surface area contributed by atoms with Gasteiger partial charge in [0.1, 0.15) is 0 Å². The molecule has 142 valence electrons. The summed E-state index contributed by atoms with van der Waals surface area (Å²) >= 11 is 0. The van der Waals surface area contributed by atoms with Gasteiger partial charge in [0.2, 0.25) is 0 Å². The topological polar surface area (TPSA) is 24.9 Å². The second-order valence-electron chi connectivity index (χ2n) is 7.47. The molecule has 0 saturated carbocycles. The van der Waals surface area contributed by atoms with Crippen LogP contribution in [0.5, 0.6) is 0 Å². The maximum atomic E-state index is 4.43. The first kappa shape index (κ1) is 17.4. The van der Waals surface area contributed by atoms with E-state index in [4.69, 9.17) is 0 Å². The second kappa shape index (κ2) is 7.09. The minimum absolute atomic E-state index is 0.578. The highest BCUT2D eigenvalue weighted by atomic mass is 31.1. The summed E-state index contributed by atoms with van der Waals surface area (Å²) in [6.07, 6.45) is 3.82. The molecule has 1 aromatic heterocycles. The summed E-state index contributed by atoms with van der Waals surface area (Å²) in [4.78, 5) is 4.43. The van der Waals surface area contributed by atoms with E-state index in [1.807, 2.05) is 12.4 Å². The summed E-state index contributed by atoms with van der Waals surface area (Å²) in [5.74, 6) is 0. The van der Waals surface area contributed by atoms with Crippen LogP contribution in [0.3, 0.4) is 0 Å². The Labute approximate surface area is 177 Å². The average molecular weight is 402 g/mol. The second-order valence-corrected chi connectivity index (χ2v) is 8.80. The van der Waals surface area contributed by atoms with Crippen molar-refractivity contribution in [1.29, 1.82) is 0 Å². The predicted molar refractivity (Wildman–Crippen MR) is 130 cm³/mol. The number of nitrogens with zero attached hydrogens (tertiary/aromatic N) is 1. The van der Waals surface area contributed by atoms with E-state index in [1.165, 1.54) is 43.6 Å². The Balaban J connectivity index is 1.73. The van der Waals surface area contributed by atoms with Crippen molar-refractivity contribution in [3.63, 3.8) is 0 Å². The van der Waals surface area contributed by atoms with E-state index in [9.17, 15) is 0 Å². The van der Waals surface area contributed by atoms with E-state index in [-0.39, 0.29) is 0 Å². The molecule has 4 aromatic carbocycles. The van der Waals surface area contributed by atoms with E-state index in [0.717, 1.165) is 11.4 Å². The van der Waals surface area contributed by atoms with Gasteiger partial charge >= 0.3 is 0 Å². The molecule has 5 aromatic rings. The average Bonchev–Trinajstić information content (AvgIpc) is 2.81. The molecular formula is C27H19N2P. The Bertz CT molecular complexity index is 1410. The number of hydrogen-bond acceptors (Lipinski definition) is 2. The summed E-state index contributed by atoms with van der Waals surface area (Å²) in [7, 11) is 0.578. The molecule has 1 aliphatic rings. The zero-order chi connectivity index (χ0) is 19.9. The summed E-state index contributed by atoms with van der Waals surface area (Å²) in [6.45, 7) is 0. The van der Waals surface area contributed by atoms with E-state index in [2.05, 4.69) is 101 Å². The molecule has 0 aliphatic carbocycles. The first-order valence-corrected chi connectivity index (χ1v) is 11.1. The van der Waals surface area contributed by atoms with Crippen LogP contribution in [0.25, 0.3) is 33.0 Å². The molecule has 30 heavy (non-hydrogen) atoms. The Morgan fingerprint density at radius 3 is 2.13 bits per heavy atom. The van der Waals surface area contributed by atoms with Gasteiger partial charge in [-0.25, -0.2) is 0 Å². The van der Waals surface area contributed by atoms with E-state index >= 15 is 0 Å². The zero-order valence-electron chi connectivity index (χ0n) is 16.3. The van der Waals surface area contributed by atoms with Crippen molar-refractivity contribution in [1.82, 2.24) is 4.98 Å². The van der Waals surface area contributed by atoms with Crippen molar-refractivity contribution < 1.29 is 0 Å². The molecule has 0 spiro atoms. The SMILES string of the molecule is c1ccc2c(c1)Pc1ccccc1-c1ccc3ccccc3c1Nc1cnccc1-2. The molecule has 0 fully saturated rings. The lowest BCUT2D eigenvalue weighted by Crippen LogP contribution is -2.12. The van der Waals surface area contributed by atoms with E-state index in [1.54, 1.807) is 0 Å². The minimum Gasteiger partial charge on any atom is -0.353 e. The third kappa shape index (κ3) is 2.81. The van der Waals surface area contributed by atoms with Crippen LogP contribution in [0.4, 0.5) is 11.4 Å². The van der Waals surface area contributed by atoms with Crippen LogP contribution >= 0.6 is 8.58 Å². The van der Waals surface area contributed by atoms with Crippen molar-refractivity contribution in [2.24, 2.45) is 0 Å². The van der Waals surface area contributed by atoms with Crippen molar-refractivity contribution >= 4 is 41.3 Å². The number of nitrogens with one attached hydrogen (secondary N) is 1. The number of aromatic nitrogens is 1. The first-order chi connectivity index (χ1) is 14.9. The summed E-state index contributed by atoms with van der Waals surface area (Å²) in [5, 5.41) is 8.94. The first-order valence-electron chi connectivity index (χ1n) is 10.1. The van der Waals surface area contributed by atoms with Crippen LogP contribution < -0.4 is 15.9 Å². The lowest BCUT2D eigenvalue weighted by atomic mass is 9.97. The van der Waals surface area contributed by atoms with Gasteiger partial charge in [-0.15, -0.1) is 0 Å². The molecule has 0 bridgehead atoms. The Kier molecular flexibility index (Phi) is 4.11. The molecule has 1 atom stereocenters. The summed E-state index contributed by atoms with van der Waals surface area (Å²) in [6, 6.07) is 32.7. The normalized spacial score (nSPS) is 12.9. The number of benzene rings is 4. The fraction of sp³-hybridized carbons (Fsp3) is 0. The monoisotopic (exact) mass is 402 g/mol. The van der Waals surface area contributed by atoms with Gasteiger partial charge in [-0.05, 0) is 33.2 Å². The van der Waals surface area contributed by atoms with Crippen LogP contribution in [0.1, 0.15) is 0 Å². The van der Waals surface area contributed by atoms with Gasteiger partial charge in [-0.1, -0.05) is 93.5 Å². The molecule has 1 unspecified atom stereocenters. The van der Waals surface area contributed by atoms with Gasteiger partial charge in [0.25, 0.3) is 0 Å². The van der Waals surface area contributed by atoms with Crippen LogP contribution in [0.2, 0.25) is 0 Å². The molecule has 2 heterocycles. The molecular weight excluding hydrogens is 383 g/mol. The fourth-order valence-electron chi connectivity index (χ4n) is 4.29. The van der Waals surface area contributed by atoms with Gasteiger partial charge in [-0.2, -0.15) is 0 Å². The molecule has 0 amide bonds. The minimum atomic E-state index is 0.578. The molecule has 0 radical (unpaired) electrons. The van der Waals surface area contributed by atoms with Crippen LogP contribution in [0.15, 0.2) is 103 Å². The number of hydrogen-bond donors (Lipinski definition) is 1. The van der Waals surface area contributed by atoms with Gasteiger partial charge in [0, 0.05) is 22.7 Å². The van der Waals surface area contributed by atoms with Crippen molar-refractivity contribution in [2.75, 3.05) is 5.32 Å². The Morgan fingerprint density at radius 1 is 0.600 bits per heavy atom. The van der Waals surface area contributed by atoms with Crippen LogP contribution in [-0.2, 0) is 0 Å². The zero-order valence-corrected chi connectivity index (χ0v) is 17.3. The molecule has 1 aliphatic heterocycles. The lowest BCUT2D eigenvalue weighted by molar-refractivity contribution is 1.32. The largest absolute Gasteiger partial charge is 0.353 e. The number of anilines is 2. The van der Waals surface area contributed by atoms with Gasteiger partial charge in [0.15, 0.2) is 0 Å². The van der Waals surface area contributed by atoms with Gasteiger partial charge < -0.3 is 5.32 Å². The third-order valence-corrected chi connectivity index (χ3v) is 7.12. The highest BCUT2D eigenvalue weighted by Gasteiger charge is 2.18. The highest BCUT2D eigenvalue weighted by molar-refractivity contribution is 7.56. The van der Waals surface area contributed by atoms with E-state index < -0.39 is 0 Å². The van der Waals surface area contributed by atoms with Crippen LogP contribution in [-0.4, -0.2) is 4.98 Å². The molecule has 3 heteroatoms. The summed E-state index contributed by atoms with van der Waals surface area (Å²) < 4.78 is 0. The Morgan fingerprint density at radius 2 is 1.30 bits per heavy atom.